The van der Waals surface area contributed by atoms with Crippen molar-refractivity contribution in [1.29, 1.82) is 0 Å². The lowest BCUT2D eigenvalue weighted by Crippen LogP contribution is -2.30. The molecule has 0 saturated carbocycles. The van der Waals surface area contributed by atoms with Crippen LogP contribution in [-0.2, 0) is 0 Å². The molecule has 2 aromatic heterocycles. The zero-order valence-electron chi connectivity index (χ0n) is 14.2. The van der Waals surface area contributed by atoms with Crippen molar-refractivity contribution in [3.63, 3.8) is 0 Å². The van der Waals surface area contributed by atoms with E-state index < -0.39 is 6.04 Å². The normalized spacial score (nSPS) is 11.8. The molecule has 7 nitrogen and oxygen atoms in total. The van der Waals surface area contributed by atoms with Crippen molar-refractivity contribution >= 4 is 5.91 Å². The van der Waals surface area contributed by atoms with Crippen molar-refractivity contribution < 1.29 is 14.1 Å². The van der Waals surface area contributed by atoms with Gasteiger partial charge in [0, 0.05) is 24.4 Å². The predicted octanol–water partition coefficient (Wildman–Crippen LogP) is 2.61. The van der Waals surface area contributed by atoms with Crippen LogP contribution in [0.25, 0.3) is 0 Å². The first-order valence-corrected chi connectivity index (χ1v) is 7.75. The maximum absolute atomic E-state index is 12.6. The van der Waals surface area contributed by atoms with Crippen molar-refractivity contribution in [1.82, 2.24) is 20.4 Å². The van der Waals surface area contributed by atoms with E-state index in [2.05, 4.69) is 20.4 Å². The molecule has 0 fully saturated rings. The number of aromatic nitrogens is 3. The SMILES string of the molecule is COc1ccccc1C(NC(=O)c1ccc(C)nc1)c1noc(C)n1. The summed E-state index contributed by atoms with van der Waals surface area (Å²) in [6, 6.07) is 10.3. The van der Waals surface area contributed by atoms with Gasteiger partial charge in [-0.25, -0.2) is 0 Å². The summed E-state index contributed by atoms with van der Waals surface area (Å²) in [6.45, 7) is 3.56. The van der Waals surface area contributed by atoms with Crippen LogP contribution in [0.4, 0.5) is 0 Å². The number of ether oxygens (including phenoxy) is 1. The smallest absolute Gasteiger partial charge is 0.253 e. The molecule has 1 aromatic carbocycles. The van der Waals surface area contributed by atoms with Gasteiger partial charge in [0.1, 0.15) is 11.8 Å². The molecule has 0 radical (unpaired) electrons. The molecule has 0 aliphatic heterocycles. The topological polar surface area (TPSA) is 90.1 Å². The first-order chi connectivity index (χ1) is 12.1. The van der Waals surface area contributed by atoms with Gasteiger partial charge in [0.2, 0.25) is 5.89 Å². The molecule has 3 aromatic rings. The Labute approximate surface area is 145 Å². The van der Waals surface area contributed by atoms with Crippen LogP contribution in [0.15, 0.2) is 47.1 Å². The summed E-state index contributed by atoms with van der Waals surface area (Å²) >= 11 is 0. The van der Waals surface area contributed by atoms with Crippen LogP contribution in [0, 0.1) is 13.8 Å². The van der Waals surface area contributed by atoms with Gasteiger partial charge in [-0.1, -0.05) is 23.4 Å². The van der Waals surface area contributed by atoms with Gasteiger partial charge in [-0.3, -0.25) is 9.78 Å². The lowest BCUT2D eigenvalue weighted by atomic mass is 10.0. The van der Waals surface area contributed by atoms with Crippen molar-refractivity contribution in [3.05, 3.63) is 71.1 Å². The first-order valence-electron chi connectivity index (χ1n) is 7.75. The average molecular weight is 338 g/mol. The van der Waals surface area contributed by atoms with E-state index in [9.17, 15) is 4.79 Å². The minimum Gasteiger partial charge on any atom is -0.496 e. The Morgan fingerprint density at radius 1 is 1.20 bits per heavy atom. The number of pyridine rings is 1. The highest BCUT2D eigenvalue weighted by Gasteiger charge is 2.25. The summed E-state index contributed by atoms with van der Waals surface area (Å²) in [5.41, 5.74) is 2.02. The number of aryl methyl sites for hydroxylation is 2. The Bertz CT molecular complexity index is 874. The summed E-state index contributed by atoms with van der Waals surface area (Å²) in [5, 5.41) is 6.89. The van der Waals surface area contributed by atoms with Crippen molar-refractivity contribution in [2.75, 3.05) is 7.11 Å². The molecular weight excluding hydrogens is 320 g/mol. The number of carbonyl (C=O) groups excluding carboxylic acids is 1. The van der Waals surface area contributed by atoms with Gasteiger partial charge in [0.25, 0.3) is 5.91 Å². The van der Waals surface area contributed by atoms with E-state index in [0.717, 1.165) is 11.3 Å². The lowest BCUT2D eigenvalue weighted by Gasteiger charge is -2.18. The second kappa shape index (κ2) is 7.12. The van der Waals surface area contributed by atoms with Gasteiger partial charge in [-0.05, 0) is 25.1 Å². The van der Waals surface area contributed by atoms with Crippen LogP contribution in [0.1, 0.15) is 39.4 Å². The van der Waals surface area contributed by atoms with E-state index in [1.54, 1.807) is 26.2 Å². The second-order valence-corrected chi connectivity index (χ2v) is 5.51. The Kier molecular flexibility index (Phi) is 4.74. The van der Waals surface area contributed by atoms with Crippen molar-refractivity contribution in [3.8, 4) is 5.75 Å². The fraction of sp³-hybridized carbons (Fsp3) is 0.222. The molecule has 0 spiro atoms. The fourth-order valence-electron chi connectivity index (χ4n) is 2.44. The van der Waals surface area contributed by atoms with Gasteiger partial charge >= 0.3 is 0 Å². The van der Waals surface area contributed by atoms with Crippen LogP contribution in [0.2, 0.25) is 0 Å². The Morgan fingerprint density at radius 3 is 2.64 bits per heavy atom. The third kappa shape index (κ3) is 3.65. The Morgan fingerprint density at radius 2 is 2.00 bits per heavy atom. The van der Waals surface area contributed by atoms with Gasteiger partial charge in [-0.2, -0.15) is 4.98 Å². The molecule has 1 atom stereocenters. The second-order valence-electron chi connectivity index (χ2n) is 5.51. The molecule has 1 amide bonds. The zero-order chi connectivity index (χ0) is 17.8. The molecule has 128 valence electrons. The molecule has 1 N–H and O–H groups in total. The van der Waals surface area contributed by atoms with Crippen LogP contribution >= 0.6 is 0 Å². The first kappa shape index (κ1) is 16.6. The van der Waals surface area contributed by atoms with Gasteiger partial charge in [0.15, 0.2) is 5.82 Å². The summed E-state index contributed by atoms with van der Waals surface area (Å²) in [5.74, 6) is 1.11. The zero-order valence-corrected chi connectivity index (χ0v) is 14.2. The maximum Gasteiger partial charge on any atom is 0.253 e. The monoisotopic (exact) mass is 338 g/mol. The number of rotatable bonds is 5. The molecule has 1 unspecified atom stereocenters. The molecule has 0 saturated heterocycles. The van der Waals surface area contributed by atoms with Crippen LogP contribution in [-0.4, -0.2) is 28.1 Å². The summed E-state index contributed by atoms with van der Waals surface area (Å²) in [6.07, 6.45) is 1.53. The third-order valence-electron chi connectivity index (χ3n) is 3.70. The van der Waals surface area contributed by atoms with Gasteiger partial charge in [-0.15, -0.1) is 0 Å². The fourth-order valence-corrected chi connectivity index (χ4v) is 2.44. The lowest BCUT2D eigenvalue weighted by molar-refractivity contribution is 0.0940. The van der Waals surface area contributed by atoms with Gasteiger partial charge < -0.3 is 14.6 Å². The maximum atomic E-state index is 12.6. The van der Waals surface area contributed by atoms with Crippen LogP contribution < -0.4 is 10.1 Å². The van der Waals surface area contributed by atoms with E-state index in [0.29, 0.717) is 23.0 Å². The van der Waals surface area contributed by atoms with E-state index in [4.69, 9.17) is 9.26 Å². The number of amides is 1. The van der Waals surface area contributed by atoms with E-state index in [1.807, 2.05) is 31.2 Å². The summed E-state index contributed by atoms with van der Waals surface area (Å²) in [4.78, 5) is 21.1. The molecule has 0 aliphatic carbocycles. The predicted molar refractivity (Wildman–Crippen MR) is 90.3 cm³/mol. The number of hydrogen-bond acceptors (Lipinski definition) is 6. The molecular formula is C18H18N4O3. The number of para-hydroxylation sites is 1. The summed E-state index contributed by atoms with van der Waals surface area (Å²) in [7, 11) is 1.57. The molecule has 25 heavy (non-hydrogen) atoms. The number of hydrogen-bond donors (Lipinski definition) is 1. The van der Waals surface area contributed by atoms with Crippen molar-refractivity contribution in [2.24, 2.45) is 0 Å². The highest BCUT2D eigenvalue weighted by Crippen LogP contribution is 2.28. The standard InChI is InChI=1S/C18H18N4O3/c1-11-8-9-13(10-19-11)18(23)21-16(17-20-12(2)25-22-17)14-6-4-5-7-15(14)24-3/h4-10,16H,1-3H3,(H,21,23). The van der Waals surface area contributed by atoms with E-state index in [-0.39, 0.29) is 5.91 Å². The van der Waals surface area contributed by atoms with Gasteiger partial charge in [0.05, 0.1) is 12.7 Å². The molecule has 7 heteroatoms. The molecule has 3 rings (SSSR count). The number of benzene rings is 1. The Hall–Kier alpha value is -3.22. The number of methoxy groups -OCH3 is 1. The number of carbonyl (C=O) groups is 1. The van der Waals surface area contributed by atoms with Crippen LogP contribution in [0.3, 0.4) is 0 Å². The molecule has 2 heterocycles. The highest BCUT2D eigenvalue weighted by atomic mass is 16.5. The van der Waals surface area contributed by atoms with E-state index >= 15 is 0 Å². The number of nitrogens with one attached hydrogen (secondary N) is 1. The minimum atomic E-state index is -0.609. The molecule has 0 aliphatic rings. The largest absolute Gasteiger partial charge is 0.496 e. The minimum absolute atomic E-state index is 0.286. The van der Waals surface area contributed by atoms with E-state index in [1.165, 1.54) is 6.20 Å². The summed E-state index contributed by atoms with van der Waals surface area (Å²) < 4.78 is 10.5. The van der Waals surface area contributed by atoms with Crippen LogP contribution in [0.5, 0.6) is 5.75 Å². The van der Waals surface area contributed by atoms with Crippen molar-refractivity contribution in [2.45, 2.75) is 19.9 Å². The highest BCUT2D eigenvalue weighted by molar-refractivity contribution is 5.94. The number of nitrogens with zero attached hydrogens (tertiary/aromatic N) is 3. The molecule has 0 bridgehead atoms. The third-order valence-corrected chi connectivity index (χ3v) is 3.70. The Balaban J connectivity index is 1.97. The average Bonchev–Trinajstić information content (AvgIpc) is 3.06. The quantitative estimate of drug-likeness (QED) is 0.769.